The third-order valence-corrected chi connectivity index (χ3v) is 3.88. The Bertz CT molecular complexity index is 492. The number of carbonyl (C=O) groups excluding carboxylic acids is 2. The van der Waals surface area contributed by atoms with Gasteiger partial charge in [0.1, 0.15) is 0 Å². The largest absolute Gasteiger partial charge is 0.356 e. The number of benzene rings is 1. The van der Waals surface area contributed by atoms with Crippen LogP contribution < -0.4 is 10.6 Å². The first-order valence-electron chi connectivity index (χ1n) is 6.40. The summed E-state index contributed by atoms with van der Waals surface area (Å²) in [5.41, 5.74) is 0.583. The first kappa shape index (κ1) is 17.4. The third kappa shape index (κ3) is 6.21. The van der Waals surface area contributed by atoms with E-state index in [0.717, 1.165) is 8.04 Å². The summed E-state index contributed by atoms with van der Waals surface area (Å²) in [6, 6.07) is 5.56. The topological polar surface area (TPSA) is 58.2 Å². The van der Waals surface area contributed by atoms with Gasteiger partial charge in [0.25, 0.3) is 5.91 Å². The quantitative estimate of drug-likeness (QED) is 0.652. The molecule has 0 aliphatic rings. The second-order valence-corrected chi connectivity index (χ2v) is 6.93. The highest BCUT2D eigenvalue weighted by Gasteiger charge is 2.10. The molecular formula is C14H18BrIN2O2. The summed E-state index contributed by atoms with van der Waals surface area (Å²) >= 11 is 5.51. The molecule has 0 aliphatic heterocycles. The number of hydrogen-bond donors (Lipinski definition) is 2. The lowest BCUT2D eigenvalue weighted by atomic mass is 10.2. The molecule has 0 bridgehead atoms. The number of halogens is 2. The molecule has 0 spiro atoms. The summed E-state index contributed by atoms with van der Waals surface area (Å²) in [6.45, 7) is 5.07. The van der Waals surface area contributed by atoms with Crippen LogP contribution in [0, 0.1) is 9.49 Å². The van der Waals surface area contributed by atoms with E-state index in [4.69, 9.17) is 0 Å². The van der Waals surface area contributed by atoms with Crippen LogP contribution >= 0.6 is 38.5 Å². The minimum Gasteiger partial charge on any atom is -0.356 e. The molecule has 0 fully saturated rings. The van der Waals surface area contributed by atoms with Gasteiger partial charge in [-0.15, -0.1) is 0 Å². The van der Waals surface area contributed by atoms with Gasteiger partial charge in [-0.05, 0) is 62.6 Å². The second kappa shape index (κ2) is 8.61. The molecule has 0 radical (unpaired) electrons. The highest BCUT2D eigenvalue weighted by molar-refractivity contribution is 14.1. The average Bonchev–Trinajstić information content (AvgIpc) is 2.39. The summed E-state index contributed by atoms with van der Waals surface area (Å²) in [4.78, 5) is 23.5. The van der Waals surface area contributed by atoms with Crippen LogP contribution in [0.25, 0.3) is 0 Å². The Morgan fingerprint density at radius 1 is 1.30 bits per heavy atom. The summed E-state index contributed by atoms with van der Waals surface area (Å²) in [5.74, 6) is 0.212. The van der Waals surface area contributed by atoms with Crippen LogP contribution in [0.15, 0.2) is 22.7 Å². The van der Waals surface area contributed by atoms with Crippen molar-refractivity contribution in [2.75, 3.05) is 13.1 Å². The predicted molar refractivity (Wildman–Crippen MR) is 91.7 cm³/mol. The molecule has 2 N–H and O–H groups in total. The molecule has 1 aromatic carbocycles. The van der Waals surface area contributed by atoms with Crippen molar-refractivity contribution < 1.29 is 9.59 Å². The molecule has 0 atom stereocenters. The van der Waals surface area contributed by atoms with E-state index in [2.05, 4.69) is 49.2 Å². The van der Waals surface area contributed by atoms with Crippen molar-refractivity contribution in [1.82, 2.24) is 10.6 Å². The highest BCUT2D eigenvalue weighted by Crippen LogP contribution is 2.19. The Morgan fingerprint density at radius 2 is 2.00 bits per heavy atom. The van der Waals surface area contributed by atoms with E-state index in [9.17, 15) is 9.59 Å². The highest BCUT2D eigenvalue weighted by atomic mass is 127. The molecule has 0 heterocycles. The predicted octanol–water partition coefficient (Wildman–Crippen LogP) is 2.95. The normalized spacial score (nSPS) is 10.4. The molecule has 6 heteroatoms. The molecule has 0 aromatic heterocycles. The maximum Gasteiger partial charge on any atom is 0.252 e. The third-order valence-electron chi connectivity index (χ3n) is 2.52. The van der Waals surface area contributed by atoms with Gasteiger partial charge in [-0.25, -0.2) is 0 Å². The lowest BCUT2D eigenvalue weighted by Gasteiger charge is -2.09. The minimum absolute atomic E-state index is 0.0410. The molecule has 0 saturated heterocycles. The van der Waals surface area contributed by atoms with Crippen LogP contribution in [0.1, 0.15) is 30.6 Å². The number of carbonyl (C=O) groups is 2. The fourth-order valence-electron chi connectivity index (χ4n) is 1.46. The van der Waals surface area contributed by atoms with Gasteiger partial charge in [-0.3, -0.25) is 9.59 Å². The molecule has 1 aromatic rings. The van der Waals surface area contributed by atoms with Gasteiger partial charge in [0.05, 0.1) is 5.56 Å². The van der Waals surface area contributed by atoms with Gasteiger partial charge in [0.15, 0.2) is 0 Å². The average molecular weight is 453 g/mol. The van der Waals surface area contributed by atoms with Crippen molar-refractivity contribution in [3.8, 4) is 0 Å². The molecule has 0 saturated carbocycles. The first-order chi connectivity index (χ1) is 9.40. The fraction of sp³-hybridized carbons (Fsp3) is 0.429. The Morgan fingerprint density at radius 3 is 2.65 bits per heavy atom. The molecule has 110 valence electrons. The minimum atomic E-state index is -0.174. The van der Waals surface area contributed by atoms with Gasteiger partial charge >= 0.3 is 0 Å². The van der Waals surface area contributed by atoms with E-state index in [-0.39, 0.29) is 11.8 Å². The van der Waals surface area contributed by atoms with E-state index in [1.165, 1.54) is 0 Å². The standard InChI is InChI=1S/C14H18BrIN2O2/c1-9(2)8-18-13(19)5-6-17-14(20)11-7-10(16)3-4-12(11)15/h3-4,7,9H,5-6,8H2,1-2H3,(H,17,20)(H,18,19). The van der Waals surface area contributed by atoms with Gasteiger partial charge in [-0.1, -0.05) is 13.8 Å². The fourth-order valence-corrected chi connectivity index (χ4v) is 2.38. The zero-order valence-electron chi connectivity index (χ0n) is 11.5. The van der Waals surface area contributed by atoms with Crippen LogP contribution in [-0.4, -0.2) is 24.9 Å². The van der Waals surface area contributed by atoms with Gasteiger partial charge in [0.2, 0.25) is 5.91 Å². The molecule has 0 aliphatic carbocycles. The van der Waals surface area contributed by atoms with Crippen molar-refractivity contribution >= 4 is 50.3 Å². The molecule has 0 unspecified atom stereocenters. The van der Waals surface area contributed by atoms with Crippen molar-refractivity contribution in [3.63, 3.8) is 0 Å². The van der Waals surface area contributed by atoms with Crippen LogP contribution in [0.5, 0.6) is 0 Å². The van der Waals surface area contributed by atoms with Crippen molar-refractivity contribution in [3.05, 3.63) is 31.8 Å². The molecule has 4 nitrogen and oxygen atoms in total. The summed E-state index contributed by atoms with van der Waals surface area (Å²) in [6.07, 6.45) is 0.292. The summed E-state index contributed by atoms with van der Waals surface area (Å²) in [5, 5.41) is 5.57. The Hall–Kier alpha value is -0.630. The summed E-state index contributed by atoms with van der Waals surface area (Å²) < 4.78 is 1.74. The van der Waals surface area contributed by atoms with E-state index in [0.29, 0.717) is 31.0 Å². The summed E-state index contributed by atoms with van der Waals surface area (Å²) in [7, 11) is 0. The van der Waals surface area contributed by atoms with Crippen LogP contribution in [0.2, 0.25) is 0 Å². The molecule has 20 heavy (non-hydrogen) atoms. The Kier molecular flexibility index (Phi) is 7.50. The number of rotatable bonds is 6. The van der Waals surface area contributed by atoms with Crippen LogP contribution in [0.3, 0.4) is 0 Å². The van der Waals surface area contributed by atoms with Crippen LogP contribution in [0.4, 0.5) is 0 Å². The maximum absolute atomic E-state index is 12.0. The van der Waals surface area contributed by atoms with E-state index < -0.39 is 0 Å². The smallest absolute Gasteiger partial charge is 0.252 e. The van der Waals surface area contributed by atoms with Crippen molar-refractivity contribution in [2.24, 2.45) is 5.92 Å². The van der Waals surface area contributed by atoms with Gasteiger partial charge in [0, 0.05) is 27.6 Å². The van der Waals surface area contributed by atoms with Crippen LogP contribution in [-0.2, 0) is 4.79 Å². The number of nitrogens with one attached hydrogen (secondary N) is 2. The lowest BCUT2D eigenvalue weighted by Crippen LogP contribution is -2.32. The Balaban J connectivity index is 2.40. The van der Waals surface area contributed by atoms with Gasteiger partial charge < -0.3 is 10.6 Å². The van der Waals surface area contributed by atoms with E-state index in [1.54, 1.807) is 6.07 Å². The SMILES string of the molecule is CC(C)CNC(=O)CCNC(=O)c1cc(I)ccc1Br. The number of amides is 2. The van der Waals surface area contributed by atoms with E-state index in [1.807, 2.05) is 26.0 Å². The Labute approximate surface area is 141 Å². The molecular weight excluding hydrogens is 435 g/mol. The van der Waals surface area contributed by atoms with Crippen molar-refractivity contribution in [2.45, 2.75) is 20.3 Å². The zero-order valence-corrected chi connectivity index (χ0v) is 15.2. The monoisotopic (exact) mass is 452 g/mol. The van der Waals surface area contributed by atoms with E-state index >= 15 is 0 Å². The molecule has 1 rings (SSSR count). The number of hydrogen-bond acceptors (Lipinski definition) is 2. The van der Waals surface area contributed by atoms with Gasteiger partial charge in [-0.2, -0.15) is 0 Å². The second-order valence-electron chi connectivity index (χ2n) is 4.83. The zero-order chi connectivity index (χ0) is 15.1. The first-order valence-corrected chi connectivity index (χ1v) is 8.27. The lowest BCUT2D eigenvalue weighted by molar-refractivity contribution is -0.121. The van der Waals surface area contributed by atoms with Crippen molar-refractivity contribution in [1.29, 1.82) is 0 Å². The maximum atomic E-state index is 12.0. The molecule has 2 amide bonds.